The Morgan fingerprint density at radius 1 is 1.38 bits per heavy atom. The van der Waals surface area contributed by atoms with Crippen LogP contribution < -0.4 is 4.72 Å². The van der Waals surface area contributed by atoms with Gasteiger partial charge in [-0.3, -0.25) is 0 Å². The first kappa shape index (κ1) is 13.8. The van der Waals surface area contributed by atoms with Crippen LogP contribution in [0.2, 0.25) is 10.0 Å². The summed E-state index contributed by atoms with van der Waals surface area (Å²) in [6.07, 6.45) is 0. The number of benzene rings is 1. The van der Waals surface area contributed by atoms with E-state index in [2.05, 4.69) is 4.72 Å². The lowest BCUT2D eigenvalue weighted by atomic mass is 10.1. The van der Waals surface area contributed by atoms with E-state index in [-0.39, 0.29) is 11.8 Å². The first-order valence-electron chi connectivity index (χ1n) is 4.80. The van der Waals surface area contributed by atoms with Crippen molar-refractivity contribution in [2.24, 2.45) is 0 Å². The monoisotopic (exact) mass is 281 g/mol. The second-order valence-corrected chi connectivity index (χ2v) is 6.29. The third-order valence-electron chi connectivity index (χ3n) is 2.17. The van der Waals surface area contributed by atoms with E-state index < -0.39 is 10.0 Å². The Morgan fingerprint density at radius 2 is 2.00 bits per heavy atom. The molecular weight excluding hydrogens is 269 g/mol. The fourth-order valence-corrected chi connectivity index (χ4v) is 2.67. The molecule has 0 radical (unpaired) electrons. The summed E-state index contributed by atoms with van der Waals surface area (Å²) in [5.41, 5.74) is 0.711. The van der Waals surface area contributed by atoms with E-state index in [1.54, 1.807) is 32.0 Å². The van der Waals surface area contributed by atoms with Crippen LogP contribution in [0.4, 0.5) is 0 Å². The van der Waals surface area contributed by atoms with Crippen molar-refractivity contribution in [1.29, 1.82) is 0 Å². The number of rotatable bonds is 4. The van der Waals surface area contributed by atoms with Gasteiger partial charge < -0.3 is 0 Å². The van der Waals surface area contributed by atoms with E-state index >= 15 is 0 Å². The summed E-state index contributed by atoms with van der Waals surface area (Å²) in [4.78, 5) is 0. The van der Waals surface area contributed by atoms with Crippen molar-refractivity contribution in [2.75, 3.05) is 5.75 Å². The quantitative estimate of drug-likeness (QED) is 0.922. The van der Waals surface area contributed by atoms with E-state index in [1.165, 1.54) is 0 Å². The minimum atomic E-state index is -3.24. The van der Waals surface area contributed by atoms with Gasteiger partial charge in [0, 0.05) is 16.1 Å². The van der Waals surface area contributed by atoms with Gasteiger partial charge >= 0.3 is 0 Å². The first-order chi connectivity index (χ1) is 7.35. The number of hydrogen-bond acceptors (Lipinski definition) is 2. The van der Waals surface area contributed by atoms with Crippen LogP contribution in [-0.4, -0.2) is 14.2 Å². The molecule has 16 heavy (non-hydrogen) atoms. The zero-order valence-corrected chi connectivity index (χ0v) is 11.3. The minimum absolute atomic E-state index is 0.0442. The van der Waals surface area contributed by atoms with E-state index in [4.69, 9.17) is 23.2 Å². The Kier molecular flexibility index (Phi) is 4.62. The molecule has 0 heterocycles. The van der Waals surface area contributed by atoms with Gasteiger partial charge in [0.25, 0.3) is 0 Å². The number of nitrogens with one attached hydrogen (secondary N) is 1. The Balaban J connectivity index is 2.93. The molecule has 0 aromatic heterocycles. The molecule has 1 atom stereocenters. The Hall–Kier alpha value is -0.290. The van der Waals surface area contributed by atoms with Gasteiger partial charge in [-0.25, -0.2) is 13.1 Å². The van der Waals surface area contributed by atoms with Gasteiger partial charge in [-0.05, 0) is 31.5 Å². The van der Waals surface area contributed by atoms with Gasteiger partial charge in [-0.1, -0.05) is 29.3 Å². The van der Waals surface area contributed by atoms with Gasteiger partial charge in [0.05, 0.1) is 5.75 Å². The van der Waals surface area contributed by atoms with Crippen molar-refractivity contribution < 1.29 is 8.42 Å². The summed E-state index contributed by atoms with van der Waals surface area (Å²) in [6.45, 7) is 3.32. The van der Waals surface area contributed by atoms with Crippen LogP contribution in [0.5, 0.6) is 0 Å². The average Bonchev–Trinajstić information content (AvgIpc) is 2.16. The third kappa shape index (κ3) is 3.63. The summed E-state index contributed by atoms with van der Waals surface area (Å²) in [5.74, 6) is 0.0442. The Labute approximate surface area is 106 Å². The molecule has 1 N–H and O–H groups in total. The molecule has 0 saturated heterocycles. The van der Waals surface area contributed by atoms with Crippen LogP contribution in [0.1, 0.15) is 25.5 Å². The molecule has 1 aromatic rings. The van der Waals surface area contributed by atoms with Crippen molar-refractivity contribution in [2.45, 2.75) is 19.9 Å². The molecule has 0 unspecified atom stereocenters. The molecule has 90 valence electrons. The predicted octanol–water partition coefficient (Wildman–Crippen LogP) is 2.99. The highest BCUT2D eigenvalue weighted by Gasteiger charge is 2.15. The smallest absolute Gasteiger partial charge is 0.211 e. The van der Waals surface area contributed by atoms with Crippen LogP contribution >= 0.6 is 23.2 Å². The molecule has 1 aromatic carbocycles. The Bertz CT molecular complexity index is 474. The predicted molar refractivity (Wildman–Crippen MR) is 67.5 cm³/mol. The van der Waals surface area contributed by atoms with E-state index in [0.717, 1.165) is 0 Å². The molecule has 6 heteroatoms. The number of sulfonamides is 1. The molecule has 3 nitrogen and oxygen atoms in total. The van der Waals surface area contributed by atoms with E-state index in [0.29, 0.717) is 15.6 Å². The number of halogens is 2. The van der Waals surface area contributed by atoms with Gasteiger partial charge in [0.15, 0.2) is 0 Å². The molecule has 0 spiro atoms. The summed E-state index contributed by atoms with van der Waals surface area (Å²) < 4.78 is 25.3. The van der Waals surface area contributed by atoms with Crippen molar-refractivity contribution >= 4 is 33.2 Å². The van der Waals surface area contributed by atoms with Gasteiger partial charge in [-0.15, -0.1) is 0 Å². The summed E-state index contributed by atoms with van der Waals surface area (Å²) >= 11 is 11.7. The topological polar surface area (TPSA) is 46.2 Å². The third-order valence-corrected chi connectivity index (χ3v) is 4.20. The molecular formula is C10H13Cl2NO2S. The SMILES string of the molecule is CCS(=O)(=O)N[C@H](C)c1ccc(Cl)cc1Cl. The van der Waals surface area contributed by atoms with E-state index in [1.807, 2.05) is 0 Å². The molecule has 0 aliphatic rings. The lowest BCUT2D eigenvalue weighted by Crippen LogP contribution is -2.28. The highest BCUT2D eigenvalue weighted by molar-refractivity contribution is 7.89. The minimum Gasteiger partial charge on any atom is -0.212 e. The largest absolute Gasteiger partial charge is 0.212 e. The molecule has 0 aliphatic heterocycles. The number of hydrogen-bond donors (Lipinski definition) is 1. The normalized spacial score (nSPS) is 13.8. The van der Waals surface area contributed by atoms with E-state index in [9.17, 15) is 8.42 Å². The zero-order chi connectivity index (χ0) is 12.3. The average molecular weight is 282 g/mol. The van der Waals surface area contributed by atoms with Crippen LogP contribution in [0.3, 0.4) is 0 Å². The fraction of sp³-hybridized carbons (Fsp3) is 0.400. The second kappa shape index (κ2) is 5.36. The summed E-state index contributed by atoms with van der Waals surface area (Å²) in [6, 6.07) is 4.62. The molecule has 0 saturated carbocycles. The molecule has 0 aliphatic carbocycles. The lowest BCUT2D eigenvalue weighted by molar-refractivity contribution is 0.568. The van der Waals surface area contributed by atoms with Crippen molar-refractivity contribution in [3.8, 4) is 0 Å². The van der Waals surface area contributed by atoms with Crippen molar-refractivity contribution in [1.82, 2.24) is 4.72 Å². The maximum atomic E-state index is 11.4. The Morgan fingerprint density at radius 3 is 2.50 bits per heavy atom. The standard InChI is InChI=1S/C10H13Cl2NO2S/c1-3-16(14,15)13-7(2)9-5-4-8(11)6-10(9)12/h4-7,13H,3H2,1-2H3/t7-/m1/s1. The maximum Gasteiger partial charge on any atom is 0.211 e. The van der Waals surface area contributed by atoms with Crippen LogP contribution in [-0.2, 0) is 10.0 Å². The van der Waals surface area contributed by atoms with Crippen LogP contribution in [0.15, 0.2) is 18.2 Å². The second-order valence-electron chi connectivity index (χ2n) is 3.41. The van der Waals surface area contributed by atoms with Gasteiger partial charge in [0.2, 0.25) is 10.0 Å². The van der Waals surface area contributed by atoms with Crippen LogP contribution in [0.25, 0.3) is 0 Å². The zero-order valence-electron chi connectivity index (χ0n) is 9.00. The maximum absolute atomic E-state index is 11.4. The van der Waals surface area contributed by atoms with Gasteiger partial charge in [-0.2, -0.15) is 0 Å². The molecule has 1 rings (SSSR count). The summed E-state index contributed by atoms with van der Waals surface area (Å²) in [7, 11) is -3.24. The fourth-order valence-electron chi connectivity index (χ4n) is 1.27. The van der Waals surface area contributed by atoms with Gasteiger partial charge in [0.1, 0.15) is 0 Å². The first-order valence-corrected chi connectivity index (χ1v) is 7.21. The van der Waals surface area contributed by atoms with Crippen molar-refractivity contribution in [3.63, 3.8) is 0 Å². The highest BCUT2D eigenvalue weighted by atomic mass is 35.5. The summed E-state index contributed by atoms with van der Waals surface area (Å²) in [5, 5.41) is 0.984. The lowest BCUT2D eigenvalue weighted by Gasteiger charge is -2.15. The highest BCUT2D eigenvalue weighted by Crippen LogP contribution is 2.26. The molecule has 0 bridgehead atoms. The molecule has 0 amide bonds. The molecule has 0 fully saturated rings. The van der Waals surface area contributed by atoms with Crippen molar-refractivity contribution in [3.05, 3.63) is 33.8 Å². The van der Waals surface area contributed by atoms with Crippen LogP contribution in [0, 0.1) is 0 Å².